The summed E-state index contributed by atoms with van der Waals surface area (Å²) in [4.78, 5) is 0. The molecule has 0 saturated heterocycles. The molecule has 2 aromatic rings. The molecule has 0 amide bonds. The molecule has 0 radical (unpaired) electrons. The molecule has 1 N–H and O–H groups in total. The van der Waals surface area contributed by atoms with Crippen molar-refractivity contribution in [2.75, 3.05) is 13.7 Å². The molecule has 2 aromatic carbocycles. The van der Waals surface area contributed by atoms with E-state index >= 15 is 0 Å². The summed E-state index contributed by atoms with van der Waals surface area (Å²) < 4.78 is 12.2. The average molecular weight is 337 g/mol. The Morgan fingerprint density at radius 2 is 1.85 bits per heavy atom. The van der Waals surface area contributed by atoms with Gasteiger partial charge in [-0.1, -0.05) is 34.1 Å². The fourth-order valence-corrected chi connectivity index (χ4v) is 2.40. The molecule has 0 aromatic heterocycles. The number of hydrogen-bond acceptors (Lipinski definition) is 3. The number of benzene rings is 2. The van der Waals surface area contributed by atoms with Crippen LogP contribution >= 0.6 is 15.9 Å². The first-order valence-electron chi connectivity index (χ1n) is 6.38. The predicted molar refractivity (Wildman–Crippen MR) is 82.3 cm³/mol. The topological polar surface area (TPSA) is 38.7 Å². The van der Waals surface area contributed by atoms with E-state index in [2.05, 4.69) is 15.9 Å². The second kappa shape index (κ2) is 7.31. The normalized spacial score (nSPS) is 10.3. The first-order valence-corrected chi connectivity index (χ1v) is 7.18. The van der Waals surface area contributed by atoms with Gasteiger partial charge in [-0.25, -0.2) is 0 Å². The third-order valence-electron chi connectivity index (χ3n) is 2.98. The molecule has 3 nitrogen and oxygen atoms in total. The fourth-order valence-electron chi connectivity index (χ4n) is 1.99. The van der Waals surface area contributed by atoms with Crippen LogP contribution in [0.25, 0.3) is 0 Å². The molecule has 0 atom stereocenters. The van der Waals surface area contributed by atoms with E-state index in [0.29, 0.717) is 13.0 Å². The van der Waals surface area contributed by atoms with Gasteiger partial charge in [0.25, 0.3) is 0 Å². The van der Waals surface area contributed by atoms with Crippen LogP contribution < -0.4 is 9.47 Å². The average Bonchev–Trinajstić information content (AvgIpc) is 2.47. The lowest BCUT2D eigenvalue weighted by Crippen LogP contribution is -2.02. The Morgan fingerprint density at radius 3 is 2.60 bits per heavy atom. The number of hydrogen-bond donors (Lipinski definition) is 1. The van der Waals surface area contributed by atoms with E-state index < -0.39 is 0 Å². The summed E-state index contributed by atoms with van der Waals surface area (Å²) in [6.45, 7) is 0.533. The van der Waals surface area contributed by atoms with E-state index in [4.69, 9.17) is 14.6 Å². The molecular weight excluding hydrogens is 320 g/mol. The summed E-state index contributed by atoms with van der Waals surface area (Å²) in [7, 11) is 1.65. The SMILES string of the molecule is COc1ccc(Br)cc1COc1ccccc1CCO. The van der Waals surface area contributed by atoms with Gasteiger partial charge in [0.1, 0.15) is 18.1 Å². The van der Waals surface area contributed by atoms with Crippen LogP contribution in [-0.4, -0.2) is 18.8 Å². The molecule has 20 heavy (non-hydrogen) atoms. The highest BCUT2D eigenvalue weighted by atomic mass is 79.9. The van der Waals surface area contributed by atoms with Gasteiger partial charge in [-0.2, -0.15) is 0 Å². The van der Waals surface area contributed by atoms with Gasteiger partial charge in [0.15, 0.2) is 0 Å². The van der Waals surface area contributed by atoms with Crippen molar-refractivity contribution < 1.29 is 14.6 Å². The second-order valence-electron chi connectivity index (χ2n) is 4.33. The molecule has 106 valence electrons. The lowest BCUT2D eigenvalue weighted by Gasteiger charge is -2.13. The number of rotatable bonds is 6. The second-order valence-corrected chi connectivity index (χ2v) is 5.24. The number of para-hydroxylation sites is 1. The van der Waals surface area contributed by atoms with Crippen molar-refractivity contribution in [3.8, 4) is 11.5 Å². The molecule has 0 aliphatic carbocycles. The van der Waals surface area contributed by atoms with Gasteiger partial charge >= 0.3 is 0 Å². The molecule has 0 bridgehead atoms. The van der Waals surface area contributed by atoms with Crippen LogP contribution in [0, 0.1) is 0 Å². The molecule has 0 heterocycles. The summed E-state index contributed by atoms with van der Waals surface area (Å²) in [6.07, 6.45) is 0.589. The smallest absolute Gasteiger partial charge is 0.125 e. The Bertz CT molecular complexity index is 569. The van der Waals surface area contributed by atoms with E-state index in [-0.39, 0.29) is 6.61 Å². The van der Waals surface area contributed by atoms with Crippen molar-refractivity contribution in [2.24, 2.45) is 0 Å². The largest absolute Gasteiger partial charge is 0.496 e. The van der Waals surface area contributed by atoms with Gasteiger partial charge < -0.3 is 14.6 Å². The number of aliphatic hydroxyl groups is 1. The Balaban J connectivity index is 2.14. The maximum absolute atomic E-state index is 9.07. The molecule has 0 saturated carbocycles. The van der Waals surface area contributed by atoms with Crippen molar-refractivity contribution in [2.45, 2.75) is 13.0 Å². The number of ether oxygens (including phenoxy) is 2. The molecule has 0 aliphatic heterocycles. The number of aliphatic hydroxyl groups excluding tert-OH is 1. The Morgan fingerprint density at radius 1 is 1.05 bits per heavy atom. The zero-order chi connectivity index (χ0) is 14.4. The van der Waals surface area contributed by atoms with Crippen LogP contribution in [0.5, 0.6) is 11.5 Å². The summed E-state index contributed by atoms with van der Waals surface area (Å²) >= 11 is 3.45. The molecule has 0 spiro atoms. The minimum atomic E-state index is 0.112. The Kier molecular flexibility index (Phi) is 5.44. The van der Waals surface area contributed by atoms with E-state index in [1.54, 1.807) is 7.11 Å². The van der Waals surface area contributed by atoms with E-state index in [9.17, 15) is 0 Å². The summed E-state index contributed by atoms with van der Waals surface area (Å²) in [5.41, 5.74) is 1.98. The van der Waals surface area contributed by atoms with Crippen molar-refractivity contribution >= 4 is 15.9 Å². The predicted octanol–water partition coefficient (Wildman–Crippen LogP) is 3.57. The van der Waals surface area contributed by atoms with Crippen molar-refractivity contribution in [1.29, 1.82) is 0 Å². The van der Waals surface area contributed by atoms with Crippen LogP contribution in [-0.2, 0) is 13.0 Å². The minimum Gasteiger partial charge on any atom is -0.496 e. The van der Waals surface area contributed by atoms with Crippen molar-refractivity contribution in [3.05, 3.63) is 58.1 Å². The number of methoxy groups -OCH3 is 1. The molecule has 4 heteroatoms. The lowest BCUT2D eigenvalue weighted by atomic mass is 10.1. The lowest BCUT2D eigenvalue weighted by molar-refractivity contribution is 0.280. The van der Waals surface area contributed by atoms with Crippen molar-refractivity contribution in [3.63, 3.8) is 0 Å². The minimum absolute atomic E-state index is 0.112. The van der Waals surface area contributed by atoms with Crippen molar-refractivity contribution in [1.82, 2.24) is 0 Å². The summed E-state index contributed by atoms with van der Waals surface area (Å²) in [6, 6.07) is 13.6. The van der Waals surface area contributed by atoms with Gasteiger partial charge in [0, 0.05) is 16.6 Å². The molecule has 0 fully saturated rings. The third kappa shape index (κ3) is 3.74. The fraction of sp³-hybridized carbons (Fsp3) is 0.250. The zero-order valence-electron chi connectivity index (χ0n) is 11.3. The standard InChI is InChI=1S/C16H17BrO3/c1-19-15-7-6-14(17)10-13(15)11-20-16-5-3-2-4-12(16)8-9-18/h2-7,10,18H,8-9,11H2,1H3. The first kappa shape index (κ1) is 14.9. The van der Waals surface area contributed by atoms with E-state index in [1.165, 1.54) is 0 Å². The van der Waals surface area contributed by atoms with Crippen LogP contribution in [0.2, 0.25) is 0 Å². The number of halogens is 1. The van der Waals surface area contributed by atoms with Gasteiger partial charge in [-0.15, -0.1) is 0 Å². The monoisotopic (exact) mass is 336 g/mol. The third-order valence-corrected chi connectivity index (χ3v) is 3.47. The first-order chi connectivity index (χ1) is 9.74. The quantitative estimate of drug-likeness (QED) is 0.876. The highest BCUT2D eigenvalue weighted by Crippen LogP contribution is 2.26. The van der Waals surface area contributed by atoms with Gasteiger partial charge in [-0.05, 0) is 36.2 Å². The van der Waals surface area contributed by atoms with Crippen LogP contribution in [0.15, 0.2) is 46.9 Å². The summed E-state index contributed by atoms with van der Waals surface area (Å²) in [5.74, 6) is 1.59. The van der Waals surface area contributed by atoms with Crippen LogP contribution in [0.3, 0.4) is 0 Å². The molecule has 0 aliphatic rings. The highest BCUT2D eigenvalue weighted by molar-refractivity contribution is 9.10. The van der Waals surface area contributed by atoms with Crippen LogP contribution in [0.1, 0.15) is 11.1 Å². The van der Waals surface area contributed by atoms with Gasteiger partial charge in [-0.3, -0.25) is 0 Å². The maximum Gasteiger partial charge on any atom is 0.125 e. The highest BCUT2D eigenvalue weighted by Gasteiger charge is 2.07. The van der Waals surface area contributed by atoms with E-state index in [0.717, 1.165) is 27.1 Å². The van der Waals surface area contributed by atoms with Crippen LogP contribution in [0.4, 0.5) is 0 Å². The molecular formula is C16H17BrO3. The summed E-state index contributed by atoms with van der Waals surface area (Å²) in [5, 5.41) is 9.07. The van der Waals surface area contributed by atoms with E-state index in [1.807, 2.05) is 42.5 Å². The Hall–Kier alpha value is -1.52. The Labute approximate surface area is 127 Å². The van der Waals surface area contributed by atoms with Gasteiger partial charge in [0.05, 0.1) is 7.11 Å². The molecule has 0 unspecified atom stereocenters. The molecule has 2 rings (SSSR count). The maximum atomic E-state index is 9.07. The van der Waals surface area contributed by atoms with Gasteiger partial charge in [0.2, 0.25) is 0 Å². The zero-order valence-corrected chi connectivity index (χ0v) is 12.9.